The number of carbonyl (C=O) groups is 2. The summed E-state index contributed by atoms with van der Waals surface area (Å²) in [4.78, 5) is 25.3. The Bertz CT molecular complexity index is 338. The number of hydrogen-bond acceptors (Lipinski definition) is 5. The monoisotopic (exact) mass is 272 g/mol. The number of carbonyl (C=O) groups excluding carboxylic acids is 2. The third kappa shape index (κ3) is 4.70. The minimum absolute atomic E-state index is 0.0134. The molecule has 1 N–H and O–H groups in total. The first-order valence-electron chi connectivity index (χ1n) is 6.64. The Labute approximate surface area is 114 Å². The van der Waals surface area contributed by atoms with Gasteiger partial charge < -0.3 is 19.7 Å². The first-order chi connectivity index (χ1) is 8.74. The molecule has 1 amide bonds. The van der Waals surface area contributed by atoms with Crippen LogP contribution in [0.1, 0.15) is 34.6 Å². The van der Waals surface area contributed by atoms with E-state index < -0.39 is 17.7 Å². The Morgan fingerprint density at radius 1 is 1.37 bits per heavy atom. The molecule has 1 heterocycles. The summed E-state index contributed by atoms with van der Waals surface area (Å²) in [6, 6.07) is -0.496. The van der Waals surface area contributed by atoms with Crippen LogP contribution in [0.3, 0.4) is 0 Å². The van der Waals surface area contributed by atoms with Gasteiger partial charge in [0.15, 0.2) is 0 Å². The summed E-state index contributed by atoms with van der Waals surface area (Å²) in [7, 11) is 0. The highest BCUT2D eigenvalue weighted by Gasteiger charge is 2.35. The summed E-state index contributed by atoms with van der Waals surface area (Å²) in [6.45, 7) is 10.3. The van der Waals surface area contributed by atoms with Crippen molar-refractivity contribution >= 4 is 12.1 Å². The number of piperazine rings is 1. The van der Waals surface area contributed by atoms with Crippen molar-refractivity contribution in [3.8, 4) is 0 Å². The van der Waals surface area contributed by atoms with Crippen molar-refractivity contribution in [1.29, 1.82) is 0 Å². The molecule has 110 valence electrons. The Kier molecular flexibility index (Phi) is 5.17. The number of rotatable bonds is 2. The molecule has 1 aliphatic rings. The second-order valence-electron chi connectivity index (χ2n) is 5.69. The van der Waals surface area contributed by atoms with Gasteiger partial charge in [0.05, 0.1) is 13.2 Å². The molecular formula is C13H24N2O4. The molecule has 0 aliphatic carbocycles. The fourth-order valence-electron chi connectivity index (χ4n) is 1.84. The summed E-state index contributed by atoms with van der Waals surface area (Å²) in [5, 5.41) is 3.08. The Hall–Kier alpha value is -1.30. The maximum atomic E-state index is 12.1. The van der Waals surface area contributed by atoms with Gasteiger partial charge in [-0.05, 0) is 34.6 Å². The lowest BCUT2D eigenvalue weighted by atomic mass is 10.1. The summed E-state index contributed by atoms with van der Waals surface area (Å²) in [6.07, 6.45) is -0.393. The van der Waals surface area contributed by atoms with Crippen molar-refractivity contribution in [2.45, 2.75) is 52.3 Å². The maximum absolute atomic E-state index is 12.1. The molecule has 0 saturated carbocycles. The number of nitrogens with zero attached hydrogens (tertiary/aromatic N) is 1. The van der Waals surface area contributed by atoms with Gasteiger partial charge in [-0.2, -0.15) is 0 Å². The van der Waals surface area contributed by atoms with Crippen molar-refractivity contribution < 1.29 is 19.1 Å². The molecule has 6 nitrogen and oxygen atoms in total. The largest absolute Gasteiger partial charge is 0.465 e. The van der Waals surface area contributed by atoms with Gasteiger partial charge in [-0.3, -0.25) is 4.79 Å². The van der Waals surface area contributed by atoms with E-state index in [-0.39, 0.29) is 18.6 Å². The normalized spacial score (nSPS) is 23.9. The third-order valence-electron chi connectivity index (χ3n) is 2.77. The third-order valence-corrected chi connectivity index (χ3v) is 2.77. The number of nitrogens with one attached hydrogen (secondary N) is 1. The zero-order valence-electron chi connectivity index (χ0n) is 12.4. The van der Waals surface area contributed by atoms with Crippen molar-refractivity contribution in [3.63, 3.8) is 0 Å². The SMILES string of the molecule is CCOC(=O)[C@H]1CN(C(=O)OC(C)(C)C)[C@H](C)CN1. The minimum Gasteiger partial charge on any atom is -0.465 e. The van der Waals surface area contributed by atoms with Crippen molar-refractivity contribution in [2.75, 3.05) is 19.7 Å². The second kappa shape index (κ2) is 6.23. The Morgan fingerprint density at radius 2 is 2.00 bits per heavy atom. The van der Waals surface area contributed by atoms with E-state index in [4.69, 9.17) is 9.47 Å². The van der Waals surface area contributed by atoms with Crippen LogP contribution in [-0.4, -0.2) is 54.3 Å². The quantitative estimate of drug-likeness (QED) is 0.764. The highest BCUT2D eigenvalue weighted by molar-refractivity contribution is 5.78. The molecular weight excluding hydrogens is 248 g/mol. The molecule has 6 heteroatoms. The van der Waals surface area contributed by atoms with Gasteiger partial charge in [-0.1, -0.05) is 0 Å². The molecule has 0 aromatic rings. The summed E-state index contributed by atoms with van der Waals surface area (Å²) < 4.78 is 10.3. The molecule has 1 fully saturated rings. The lowest BCUT2D eigenvalue weighted by Crippen LogP contribution is -2.60. The average Bonchev–Trinajstić information content (AvgIpc) is 2.27. The van der Waals surface area contributed by atoms with Gasteiger partial charge in [0.25, 0.3) is 0 Å². The molecule has 1 aliphatic heterocycles. The molecule has 0 aromatic carbocycles. The molecule has 1 saturated heterocycles. The maximum Gasteiger partial charge on any atom is 0.410 e. The smallest absolute Gasteiger partial charge is 0.410 e. The van der Waals surface area contributed by atoms with E-state index in [9.17, 15) is 9.59 Å². The predicted octanol–water partition coefficient (Wildman–Crippen LogP) is 1.15. The highest BCUT2D eigenvalue weighted by atomic mass is 16.6. The molecule has 0 unspecified atom stereocenters. The fraction of sp³-hybridized carbons (Fsp3) is 0.846. The number of amides is 1. The summed E-state index contributed by atoms with van der Waals surface area (Å²) >= 11 is 0. The zero-order valence-corrected chi connectivity index (χ0v) is 12.4. The van der Waals surface area contributed by atoms with Gasteiger partial charge in [-0.25, -0.2) is 4.79 Å². The van der Waals surface area contributed by atoms with Crippen LogP contribution in [-0.2, 0) is 14.3 Å². The fourth-order valence-corrected chi connectivity index (χ4v) is 1.84. The molecule has 0 aromatic heterocycles. The summed E-state index contributed by atoms with van der Waals surface area (Å²) in [5.41, 5.74) is -0.541. The lowest BCUT2D eigenvalue weighted by molar-refractivity contribution is -0.147. The average molecular weight is 272 g/mol. The van der Waals surface area contributed by atoms with Crippen LogP contribution in [0, 0.1) is 0 Å². The predicted molar refractivity (Wildman–Crippen MR) is 70.8 cm³/mol. The van der Waals surface area contributed by atoms with E-state index in [2.05, 4.69) is 5.32 Å². The molecule has 0 bridgehead atoms. The van der Waals surface area contributed by atoms with E-state index in [0.29, 0.717) is 13.2 Å². The van der Waals surface area contributed by atoms with E-state index in [1.807, 2.05) is 27.7 Å². The first kappa shape index (κ1) is 15.8. The zero-order chi connectivity index (χ0) is 14.6. The van der Waals surface area contributed by atoms with Crippen molar-refractivity contribution in [2.24, 2.45) is 0 Å². The van der Waals surface area contributed by atoms with Crippen LogP contribution in [0.4, 0.5) is 4.79 Å². The van der Waals surface area contributed by atoms with Crippen LogP contribution < -0.4 is 5.32 Å². The van der Waals surface area contributed by atoms with Gasteiger partial charge in [0.1, 0.15) is 11.6 Å². The standard InChI is InChI=1S/C13H24N2O4/c1-6-18-11(16)10-8-15(9(2)7-14-10)12(17)19-13(3,4)5/h9-10,14H,6-8H2,1-5H3/t9-,10-/m1/s1. The van der Waals surface area contributed by atoms with Crippen LogP contribution in [0.25, 0.3) is 0 Å². The molecule has 19 heavy (non-hydrogen) atoms. The Morgan fingerprint density at radius 3 is 2.53 bits per heavy atom. The van der Waals surface area contributed by atoms with Crippen LogP contribution in [0.15, 0.2) is 0 Å². The summed E-state index contributed by atoms with van der Waals surface area (Å²) in [5.74, 6) is -0.331. The molecule has 1 rings (SSSR count). The number of hydrogen-bond donors (Lipinski definition) is 1. The van der Waals surface area contributed by atoms with Crippen LogP contribution >= 0.6 is 0 Å². The first-order valence-corrected chi connectivity index (χ1v) is 6.64. The molecule has 0 spiro atoms. The van der Waals surface area contributed by atoms with Crippen molar-refractivity contribution in [1.82, 2.24) is 10.2 Å². The van der Waals surface area contributed by atoms with Crippen molar-refractivity contribution in [3.05, 3.63) is 0 Å². The van der Waals surface area contributed by atoms with Crippen LogP contribution in [0.2, 0.25) is 0 Å². The van der Waals surface area contributed by atoms with Crippen LogP contribution in [0.5, 0.6) is 0 Å². The molecule has 0 radical (unpaired) electrons. The van der Waals surface area contributed by atoms with E-state index >= 15 is 0 Å². The topological polar surface area (TPSA) is 67.9 Å². The number of esters is 1. The second-order valence-corrected chi connectivity index (χ2v) is 5.69. The lowest BCUT2D eigenvalue weighted by Gasteiger charge is -2.38. The van der Waals surface area contributed by atoms with E-state index in [1.165, 1.54) is 0 Å². The van der Waals surface area contributed by atoms with Gasteiger partial charge in [0.2, 0.25) is 0 Å². The molecule has 2 atom stereocenters. The van der Waals surface area contributed by atoms with E-state index in [0.717, 1.165) is 0 Å². The van der Waals surface area contributed by atoms with Gasteiger partial charge in [-0.15, -0.1) is 0 Å². The Balaban J connectivity index is 2.65. The highest BCUT2D eigenvalue weighted by Crippen LogP contribution is 2.15. The van der Waals surface area contributed by atoms with Gasteiger partial charge in [0, 0.05) is 12.6 Å². The number of ether oxygens (including phenoxy) is 2. The van der Waals surface area contributed by atoms with E-state index in [1.54, 1.807) is 11.8 Å². The van der Waals surface area contributed by atoms with Gasteiger partial charge >= 0.3 is 12.1 Å². The minimum atomic E-state index is -0.541.